The highest BCUT2D eigenvalue weighted by molar-refractivity contribution is 5.82. The van der Waals surface area contributed by atoms with Crippen molar-refractivity contribution in [2.75, 3.05) is 25.2 Å². The SMILES string of the molecule is C/C=C(\C=C(\c1ccc(C#N)c(F)c1)N(C)c1ccc(-c2cnc3c(c2)OCCO3)cc1)C(C)=CO. The summed E-state index contributed by atoms with van der Waals surface area (Å²) in [4.78, 5) is 6.28. The number of benzene rings is 2. The molecular weight excluding hydrogens is 457 g/mol. The molecule has 0 aliphatic carbocycles. The molecule has 1 aliphatic rings. The quantitative estimate of drug-likeness (QED) is 0.322. The Bertz CT molecular complexity index is 1400. The van der Waals surface area contributed by atoms with Crippen LogP contribution in [-0.2, 0) is 0 Å². The van der Waals surface area contributed by atoms with Gasteiger partial charge in [-0.25, -0.2) is 9.37 Å². The topological polar surface area (TPSA) is 78.6 Å². The van der Waals surface area contributed by atoms with E-state index in [0.29, 0.717) is 41.7 Å². The summed E-state index contributed by atoms with van der Waals surface area (Å²) in [6, 6.07) is 16.2. The molecule has 0 spiro atoms. The van der Waals surface area contributed by atoms with Crippen LogP contribution in [-0.4, -0.2) is 30.4 Å². The van der Waals surface area contributed by atoms with Gasteiger partial charge in [0.15, 0.2) is 5.75 Å². The van der Waals surface area contributed by atoms with Crippen molar-refractivity contribution in [3.8, 4) is 28.8 Å². The molecule has 4 rings (SSSR count). The maximum atomic E-state index is 14.5. The van der Waals surface area contributed by atoms with Crippen LogP contribution in [0.3, 0.4) is 0 Å². The van der Waals surface area contributed by atoms with Crippen molar-refractivity contribution >= 4 is 11.4 Å². The lowest BCUT2D eigenvalue weighted by atomic mass is 10.0. The minimum Gasteiger partial charge on any atom is -0.515 e. The van der Waals surface area contributed by atoms with E-state index in [1.54, 1.807) is 19.2 Å². The molecule has 0 atom stereocenters. The standard InChI is InChI=1S/C29H26FN3O3/c1-4-20(19(2)18-34)14-27(22-5-6-23(16-31)26(30)13-22)33(3)25-9-7-21(8-10-25)24-15-28-29(32-17-24)36-12-11-35-28/h4-10,13-15,17-18,34H,11-12H2,1-3H3/b19-18?,20-4+,27-14-. The average Bonchev–Trinajstić information content (AvgIpc) is 2.92. The molecule has 1 aromatic heterocycles. The molecule has 0 bridgehead atoms. The molecule has 0 unspecified atom stereocenters. The highest BCUT2D eigenvalue weighted by Gasteiger charge is 2.16. The van der Waals surface area contributed by atoms with Crippen LogP contribution in [0.25, 0.3) is 16.8 Å². The fraction of sp³-hybridized carbons (Fsp3) is 0.172. The number of allylic oxidation sites excluding steroid dienone is 4. The van der Waals surface area contributed by atoms with Crippen molar-refractivity contribution in [3.63, 3.8) is 0 Å². The van der Waals surface area contributed by atoms with E-state index in [1.807, 2.05) is 67.4 Å². The van der Waals surface area contributed by atoms with E-state index in [-0.39, 0.29) is 5.56 Å². The lowest BCUT2D eigenvalue weighted by Gasteiger charge is -2.24. The molecule has 0 radical (unpaired) electrons. The number of ether oxygens (including phenoxy) is 2. The average molecular weight is 484 g/mol. The number of halogens is 1. The number of aliphatic hydroxyl groups is 1. The van der Waals surface area contributed by atoms with Crippen LogP contribution in [0.5, 0.6) is 11.6 Å². The van der Waals surface area contributed by atoms with Gasteiger partial charge in [0.05, 0.1) is 11.8 Å². The lowest BCUT2D eigenvalue weighted by Crippen LogP contribution is -2.16. The third kappa shape index (κ3) is 5.08. The molecule has 0 amide bonds. The minimum atomic E-state index is -0.591. The Morgan fingerprint density at radius 1 is 1.11 bits per heavy atom. The van der Waals surface area contributed by atoms with Crippen LogP contribution in [0.4, 0.5) is 10.1 Å². The molecule has 3 aromatic rings. The summed E-state index contributed by atoms with van der Waals surface area (Å²) in [7, 11) is 1.88. The molecule has 182 valence electrons. The number of anilines is 1. The van der Waals surface area contributed by atoms with E-state index in [4.69, 9.17) is 14.7 Å². The van der Waals surface area contributed by atoms with E-state index in [9.17, 15) is 9.50 Å². The van der Waals surface area contributed by atoms with Crippen molar-refractivity contribution in [2.45, 2.75) is 13.8 Å². The van der Waals surface area contributed by atoms with E-state index < -0.39 is 5.82 Å². The second-order valence-corrected chi connectivity index (χ2v) is 8.22. The molecule has 36 heavy (non-hydrogen) atoms. The van der Waals surface area contributed by atoms with Gasteiger partial charge in [-0.05, 0) is 67.0 Å². The van der Waals surface area contributed by atoms with Gasteiger partial charge < -0.3 is 19.5 Å². The van der Waals surface area contributed by atoms with E-state index >= 15 is 0 Å². The Hall–Kier alpha value is -4.57. The number of nitrogens with zero attached hydrogens (tertiary/aromatic N) is 3. The van der Waals surface area contributed by atoms with Crippen molar-refractivity contribution < 1.29 is 19.0 Å². The van der Waals surface area contributed by atoms with Crippen molar-refractivity contribution in [1.29, 1.82) is 5.26 Å². The van der Waals surface area contributed by atoms with Crippen LogP contribution in [0.2, 0.25) is 0 Å². The van der Waals surface area contributed by atoms with Crippen LogP contribution in [0, 0.1) is 17.1 Å². The predicted octanol–water partition coefficient (Wildman–Crippen LogP) is 6.42. The number of aromatic nitrogens is 1. The smallest absolute Gasteiger partial charge is 0.257 e. The van der Waals surface area contributed by atoms with Crippen LogP contribution in [0.15, 0.2) is 84.3 Å². The van der Waals surface area contributed by atoms with Gasteiger partial charge in [0.1, 0.15) is 25.1 Å². The van der Waals surface area contributed by atoms with Crippen LogP contribution < -0.4 is 14.4 Å². The van der Waals surface area contributed by atoms with Gasteiger partial charge in [-0.2, -0.15) is 5.26 Å². The van der Waals surface area contributed by atoms with Gasteiger partial charge in [-0.1, -0.05) is 24.3 Å². The number of pyridine rings is 1. The normalized spacial score (nSPS) is 13.8. The van der Waals surface area contributed by atoms with E-state index in [1.165, 1.54) is 12.1 Å². The Morgan fingerprint density at radius 3 is 2.53 bits per heavy atom. The van der Waals surface area contributed by atoms with Gasteiger partial charge in [-0.15, -0.1) is 0 Å². The van der Waals surface area contributed by atoms with E-state index in [2.05, 4.69) is 4.98 Å². The molecule has 0 saturated carbocycles. The molecule has 1 N–H and O–H groups in total. The first kappa shape index (κ1) is 24.6. The van der Waals surface area contributed by atoms with E-state index in [0.717, 1.165) is 28.6 Å². The van der Waals surface area contributed by atoms with Crippen LogP contribution in [0.1, 0.15) is 25.0 Å². The second kappa shape index (κ2) is 10.8. The zero-order valence-corrected chi connectivity index (χ0v) is 20.3. The first-order chi connectivity index (χ1) is 17.4. The maximum absolute atomic E-state index is 14.5. The Balaban J connectivity index is 1.71. The summed E-state index contributed by atoms with van der Waals surface area (Å²) < 4.78 is 25.7. The Labute approximate surface area is 209 Å². The summed E-state index contributed by atoms with van der Waals surface area (Å²) >= 11 is 0. The van der Waals surface area contributed by atoms with Crippen molar-refractivity contribution in [1.82, 2.24) is 4.98 Å². The minimum absolute atomic E-state index is 0.0177. The highest BCUT2D eigenvalue weighted by Crippen LogP contribution is 2.34. The van der Waals surface area contributed by atoms with Gasteiger partial charge >= 0.3 is 0 Å². The summed E-state index contributed by atoms with van der Waals surface area (Å²) in [6.07, 6.45) is 6.54. The molecular formula is C29H26FN3O3. The fourth-order valence-corrected chi connectivity index (χ4v) is 3.89. The van der Waals surface area contributed by atoms with Gasteiger partial charge in [-0.3, -0.25) is 0 Å². The summed E-state index contributed by atoms with van der Waals surface area (Å²) in [5, 5.41) is 18.7. The molecule has 7 heteroatoms. The molecule has 2 aromatic carbocycles. The third-order valence-electron chi connectivity index (χ3n) is 5.98. The lowest BCUT2D eigenvalue weighted by molar-refractivity contribution is 0.164. The highest BCUT2D eigenvalue weighted by atomic mass is 19.1. The van der Waals surface area contributed by atoms with Crippen LogP contribution >= 0.6 is 0 Å². The third-order valence-corrected chi connectivity index (χ3v) is 5.98. The Morgan fingerprint density at radius 2 is 1.86 bits per heavy atom. The summed E-state index contributed by atoms with van der Waals surface area (Å²) in [5.41, 5.74) is 5.44. The van der Waals surface area contributed by atoms with Gasteiger partial charge in [0.25, 0.3) is 5.88 Å². The fourth-order valence-electron chi connectivity index (χ4n) is 3.89. The molecule has 2 heterocycles. The summed E-state index contributed by atoms with van der Waals surface area (Å²) in [6.45, 7) is 4.64. The number of aliphatic hydroxyl groups excluding tert-OH is 1. The predicted molar refractivity (Wildman–Crippen MR) is 138 cm³/mol. The monoisotopic (exact) mass is 483 g/mol. The van der Waals surface area contributed by atoms with Crippen molar-refractivity contribution in [3.05, 3.63) is 101 Å². The summed E-state index contributed by atoms with van der Waals surface area (Å²) in [5.74, 6) is 0.532. The Kier molecular flexibility index (Phi) is 7.36. The number of hydrogen-bond donors (Lipinski definition) is 1. The number of nitriles is 1. The molecule has 0 fully saturated rings. The van der Waals surface area contributed by atoms with Gasteiger partial charge in [0.2, 0.25) is 0 Å². The largest absolute Gasteiger partial charge is 0.515 e. The molecule has 6 nitrogen and oxygen atoms in total. The van der Waals surface area contributed by atoms with Crippen molar-refractivity contribution in [2.24, 2.45) is 0 Å². The molecule has 0 saturated heterocycles. The zero-order chi connectivity index (χ0) is 25.7. The van der Waals surface area contributed by atoms with Gasteiger partial charge in [0, 0.05) is 35.8 Å². The zero-order valence-electron chi connectivity index (χ0n) is 20.3. The maximum Gasteiger partial charge on any atom is 0.257 e. The first-order valence-electron chi connectivity index (χ1n) is 11.4. The number of hydrogen-bond acceptors (Lipinski definition) is 6. The number of fused-ring (bicyclic) bond motifs is 1. The number of rotatable bonds is 6. The molecule has 1 aliphatic heterocycles. The second-order valence-electron chi connectivity index (χ2n) is 8.22. The first-order valence-corrected chi connectivity index (χ1v) is 11.4.